The maximum atomic E-state index is 12.0. The van der Waals surface area contributed by atoms with E-state index in [1.165, 1.54) is 89.9 Å². The topological polar surface area (TPSA) is 131 Å². The van der Waals surface area contributed by atoms with Gasteiger partial charge in [0, 0.05) is 19.4 Å². The highest BCUT2D eigenvalue weighted by Gasteiger charge is 2.23. The van der Waals surface area contributed by atoms with Gasteiger partial charge >= 0.3 is 13.8 Å². The molecule has 0 saturated heterocycles. The predicted molar refractivity (Wildman–Crippen MR) is 188 cm³/mol. The average molecular weight is 676 g/mol. The molecule has 9 nitrogen and oxygen atoms in total. The molecule has 46 heavy (non-hydrogen) atoms. The number of carbonyl (C=O) groups is 2. The van der Waals surface area contributed by atoms with Crippen molar-refractivity contribution in [2.75, 3.05) is 26.4 Å². The minimum Gasteiger partial charge on any atom is -0.463 e. The minimum absolute atomic E-state index is 0.0846. The van der Waals surface area contributed by atoms with Gasteiger partial charge in [0.2, 0.25) is 5.91 Å². The maximum Gasteiger partial charge on any atom is 0.472 e. The van der Waals surface area contributed by atoms with Crippen molar-refractivity contribution >= 4 is 19.7 Å². The number of aliphatic hydroxyl groups is 1. The second-order valence-electron chi connectivity index (χ2n) is 12.6. The van der Waals surface area contributed by atoms with Crippen molar-refractivity contribution < 1.29 is 37.9 Å². The van der Waals surface area contributed by atoms with Crippen LogP contribution in [0.1, 0.15) is 174 Å². The molecule has 0 spiro atoms. The number of unbranched alkanes of at least 4 members (excludes halogenated alkanes) is 20. The van der Waals surface area contributed by atoms with E-state index in [2.05, 4.69) is 31.3 Å². The number of allylic oxidation sites excluding steroid dienone is 2. The molecule has 0 radical (unpaired) electrons. The van der Waals surface area contributed by atoms with Crippen LogP contribution in [0.25, 0.3) is 0 Å². The fourth-order valence-electron chi connectivity index (χ4n) is 5.08. The standard InChI is InChI=1S/C36H70NO8P/c1-3-5-7-9-11-13-15-16-17-19-21-23-25-27-29-36(40)43-32-34(38)33-45-46(41,42)44-31-30-37-35(39)28-26-24-22-20-18-14-12-10-8-6-4-2/h15-16,34,38H,3-14,17-33H2,1-2H3,(H,37,39)(H,41,42)/b16-15-. The van der Waals surface area contributed by atoms with Crippen molar-refractivity contribution in [3.8, 4) is 0 Å². The number of rotatable bonds is 35. The van der Waals surface area contributed by atoms with E-state index in [9.17, 15) is 24.2 Å². The van der Waals surface area contributed by atoms with Gasteiger partial charge in [-0.25, -0.2) is 4.57 Å². The zero-order chi connectivity index (χ0) is 34.0. The highest BCUT2D eigenvalue weighted by atomic mass is 31.2. The summed E-state index contributed by atoms with van der Waals surface area (Å²) in [7, 11) is -4.40. The molecule has 10 heteroatoms. The average Bonchev–Trinajstić information content (AvgIpc) is 3.04. The SMILES string of the molecule is CCCCCCC/C=C\CCCCCCCC(=O)OCC(O)COP(=O)(O)OCCNC(=O)CCCCCCCCCCCCC. The Hall–Kier alpha value is -1.25. The molecule has 0 aliphatic rings. The van der Waals surface area contributed by atoms with E-state index >= 15 is 0 Å². The molecule has 0 aliphatic heterocycles. The van der Waals surface area contributed by atoms with E-state index < -0.39 is 26.5 Å². The number of ether oxygens (including phenoxy) is 1. The Kier molecular flexibility index (Phi) is 32.7. The van der Waals surface area contributed by atoms with Gasteiger partial charge in [0.1, 0.15) is 12.7 Å². The molecule has 2 unspecified atom stereocenters. The van der Waals surface area contributed by atoms with E-state index in [-0.39, 0.29) is 32.1 Å². The highest BCUT2D eigenvalue weighted by Crippen LogP contribution is 2.42. The fraction of sp³-hybridized carbons (Fsp3) is 0.889. The molecular weight excluding hydrogens is 605 g/mol. The summed E-state index contributed by atoms with van der Waals surface area (Å²) in [6.07, 6.45) is 31.4. The van der Waals surface area contributed by atoms with Crippen molar-refractivity contribution in [1.82, 2.24) is 5.32 Å². The van der Waals surface area contributed by atoms with Crippen LogP contribution in [-0.4, -0.2) is 54.3 Å². The summed E-state index contributed by atoms with van der Waals surface area (Å²) in [6.45, 7) is 3.52. The van der Waals surface area contributed by atoms with Gasteiger partial charge < -0.3 is 20.1 Å². The molecular formula is C36H70NO8P. The molecule has 0 aliphatic carbocycles. The van der Waals surface area contributed by atoms with Gasteiger partial charge in [0.25, 0.3) is 0 Å². The summed E-state index contributed by atoms with van der Waals surface area (Å²) < 4.78 is 26.7. The van der Waals surface area contributed by atoms with Gasteiger partial charge in [-0.05, 0) is 38.5 Å². The van der Waals surface area contributed by atoms with Gasteiger partial charge in [-0.2, -0.15) is 0 Å². The molecule has 0 aromatic rings. The summed E-state index contributed by atoms with van der Waals surface area (Å²) in [5.74, 6) is -0.523. The first-order valence-corrected chi connectivity index (χ1v) is 20.2. The van der Waals surface area contributed by atoms with Crippen LogP contribution in [0.2, 0.25) is 0 Å². The van der Waals surface area contributed by atoms with Gasteiger partial charge in [0.05, 0.1) is 13.2 Å². The first-order valence-electron chi connectivity index (χ1n) is 18.7. The smallest absolute Gasteiger partial charge is 0.463 e. The molecule has 2 atom stereocenters. The summed E-state index contributed by atoms with van der Waals surface area (Å²) in [4.78, 5) is 33.7. The van der Waals surface area contributed by atoms with Gasteiger partial charge in [0.15, 0.2) is 0 Å². The number of amides is 1. The number of carbonyl (C=O) groups excluding carboxylic acids is 2. The molecule has 0 fully saturated rings. The summed E-state index contributed by atoms with van der Waals surface area (Å²) in [5, 5.41) is 12.6. The monoisotopic (exact) mass is 675 g/mol. The van der Waals surface area contributed by atoms with Crippen LogP contribution < -0.4 is 5.32 Å². The highest BCUT2D eigenvalue weighted by molar-refractivity contribution is 7.47. The Bertz CT molecular complexity index is 779. The quantitative estimate of drug-likeness (QED) is 0.0262. The van der Waals surface area contributed by atoms with Crippen molar-refractivity contribution in [3.63, 3.8) is 0 Å². The third-order valence-corrected chi connectivity index (χ3v) is 8.93. The molecule has 0 rings (SSSR count). The van der Waals surface area contributed by atoms with Crippen molar-refractivity contribution in [3.05, 3.63) is 12.2 Å². The minimum atomic E-state index is -4.40. The van der Waals surface area contributed by atoms with Gasteiger partial charge in [-0.15, -0.1) is 0 Å². The third kappa shape index (κ3) is 34.1. The molecule has 0 bridgehead atoms. The molecule has 3 N–H and O–H groups in total. The number of phosphoric ester groups is 1. The lowest BCUT2D eigenvalue weighted by molar-refractivity contribution is -0.147. The largest absolute Gasteiger partial charge is 0.472 e. The van der Waals surface area contributed by atoms with Crippen LogP contribution in [-0.2, 0) is 27.9 Å². The zero-order valence-corrected chi connectivity index (χ0v) is 30.4. The Morgan fingerprint density at radius 3 is 1.63 bits per heavy atom. The molecule has 0 heterocycles. The Morgan fingerprint density at radius 1 is 0.652 bits per heavy atom. The molecule has 1 amide bonds. The van der Waals surface area contributed by atoms with Crippen molar-refractivity contribution in [1.29, 1.82) is 0 Å². The normalized spacial score (nSPS) is 13.6. The Morgan fingerprint density at radius 2 is 1.11 bits per heavy atom. The molecule has 272 valence electrons. The van der Waals surface area contributed by atoms with Crippen molar-refractivity contribution in [2.45, 2.75) is 180 Å². The Balaban J connectivity index is 3.63. The number of phosphoric acid groups is 1. The van der Waals surface area contributed by atoms with Crippen LogP contribution in [0.15, 0.2) is 12.2 Å². The second kappa shape index (κ2) is 33.6. The first kappa shape index (κ1) is 44.8. The maximum absolute atomic E-state index is 12.0. The summed E-state index contributed by atoms with van der Waals surface area (Å²) >= 11 is 0. The van der Waals surface area contributed by atoms with E-state index in [1.807, 2.05) is 0 Å². The molecule has 0 saturated carbocycles. The van der Waals surface area contributed by atoms with Crippen LogP contribution in [0.4, 0.5) is 0 Å². The van der Waals surface area contributed by atoms with E-state index in [0.29, 0.717) is 6.42 Å². The van der Waals surface area contributed by atoms with Crippen molar-refractivity contribution in [2.24, 2.45) is 0 Å². The van der Waals surface area contributed by atoms with Crippen LogP contribution >= 0.6 is 7.82 Å². The lowest BCUT2D eigenvalue weighted by Crippen LogP contribution is -2.27. The van der Waals surface area contributed by atoms with Gasteiger partial charge in [-0.1, -0.05) is 135 Å². The second-order valence-corrected chi connectivity index (χ2v) is 14.0. The lowest BCUT2D eigenvalue weighted by atomic mass is 10.1. The summed E-state index contributed by atoms with van der Waals surface area (Å²) in [5.41, 5.74) is 0. The first-order chi connectivity index (χ1) is 22.3. The molecule has 0 aromatic carbocycles. The number of hydrogen-bond donors (Lipinski definition) is 3. The van der Waals surface area contributed by atoms with Crippen LogP contribution in [0.5, 0.6) is 0 Å². The number of hydrogen-bond acceptors (Lipinski definition) is 7. The number of nitrogens with one attached hydrogen (secondary N) is 1. The van der Waals surface area contributed by atoms with E-state index in [0.717, 1.165) is 57.8 Å². The van der Waals surface area contributed by atoms with E-state index in [1.54, 1.807) is 0 Å². The number of aliphatic hydroxyl groups excluding tert-OH is 1. The third-order valence-electron chi connectivity index (χ3n) is 7.95. The van der Waals surface area contributed by atoms with Crippen LogP contribution in [0.3, 0.4) is 0 Å². The van der Waals surface area contributed by atoms with Crippen LogP contribution in [0, 0.1) is 0 Å². The fourth-order valence-corrected chi connectivity index (χ4v) is 5.84. The molecule has 0 aromatic heterocycles. The zero-order valence-electron chi connectivity index (χ0n) is 29.5. The predicted octanol–water partition coefficient (Wildman–Crippen LogP) is 9.49. The lowest BCUT2D eigenvalue weighted by Gasteiger charge is -2.15. The van der Waals surface area contributed by atoms with Gasteiger partial charge in [-0.3, -0.25) is 18.6 Å². The summed E-state index contributed by atoms with van der Waals surface area (Å²) in [6, 6.07) is 0. The van der Waals surface area contributed by atoms with E-state index in [4.69, 9.17) is 13.8 Å². The Labute approximate surface area is 281 Å². The number of esters is 1.